The summed E-state index contributed by atoms with van der Waals surface area (Å²) in [4.78, 5) is 39.5. The molecule has 0 N–H and O–H groups in total. The normalized spacial score (nSPS) is 14.1. The molecular formula is C23H31N5O3S. The topological polar surface area (TPSA) is 78.9 Å². The monoisotopic (exact) mass is 457 g/mol. The van der Waals surface area contributed by atoms with Crippen LogP contribution >= 0.6 is 11.8 Å². The Morgan fingerprint density at radius 3 is 2.47 bits per heavy atom. The quantitative estimate of drug-likeness (QED) is 0.501. The van der Waals surface area contributed by atoms with Gasteiger partial charge in [0.05, 0.1) is 0 Å². The molecule has 9 heteroatoms. The SMILES string of the molecule is CSc1ncc2c(n1)N(C)CCN(Cc1ccc(CN(C)C(=O)OC(C)(C)C)cc1)C2=O. The van der Waals surface area contributed by atoms with E-state index in [1.807, 2.05) is 68.1 Å². The van der Waals surface area contributed by atoms with Crippen LogP contribution in [0.3, 0.4) is 0 Å². The van der Waals surface area contributed by atoms with Gasteiger partial charge in [-0.2, -0.15) is 0 Å². The van der Waals surface area contributed by atoms with Gasteiger partial charge < -0.3 is 19.4 Å². The molecule has 2 aromatic rings. The van der Waals surface area contributed by atoms with E-state index in [1.165, 1.54) is 11.8 Å². The number of hydrogen-bond donors (Lipinski definition) is 0. The van der Waals surface area contributed by atoms with Crippen LogP contribution in [0.25, 0.3) is 0 Å². The summed E-state index contributed by atoms with van der Waals surface area (Å²) >= 11 is 1.46. The van der Waals surface area contributed by atoms with E-state index in [4.69, 9.17) is 4.74 Å². The highest BCUT2D eigenvalue weighted by Gasteiger charge is 2.27. The van der Waals surface area contributed by atoms with E-state index in [-0.39, 0.29) is 12.0 Å². The first-order chi connectivity index (χ1) is 15.1. The van der Waals surface area contributed by atoms with Gasteiger partial charge in [0, 0.05) is 46.5 Å². The summed E-state index contributed by atoms with van der Waals surface area (Å²) in [6, 6.07) is 7.95. The Balaban J connectivity index is 1.67. The number of likely N-dealkylation sites (N-methyl/N-ethyl adjacent to an activating group) is 1. The largest absolute Gasteiger partial charge is 0.444 e. The molecule has 0 aliphatic carbocycles. The van der Waals surface area contributed by atoms with Gasteiger partial charge in [0.25, 0.3) is 5.91 Å². The highest BCUT2D eigenvalue weighted by molar-refractivity contribution is 7.98. The summed E-state index contributed by atoms with van der Waals surface area (Å²) in [7, 11) is 3.67. The molecular weight excluding hydrogens is 426 g/mol. The van der Waals surface area contributed by atoms with Crippen LogP contribution in [0.2, 0.25) is 0 Å². The molecule has 2 amide bonds. The van der Waals surface area contributed by atoms with E-state index in [9.17, 15) is 9.59 Å². The summed E-state index contributed by atoms with van der Waals surface area (Å²) in [5.41, 5.74) is 2.02. The fourth-order valence-corrected chi connectivity index (χ4v) is 3.68. The van der Waals surface area contributed by atoms with Gasteiger partial charge in [-0.3, -0.25) is 4.79 Å². The van der Waals surface area contributed by atoms with Gasteiger partial charge in [0.2, 0.25) is 0 Å². The molecule has 172 valence electrons. The van der Waals surface area contributed by atoms with Crippen molar-refractivity contribution in [2.75, 3.05) is 38.3 Å². The number of anilines is 1. The molecule has 0 bridgehead atoms. The zero-order valence-electron chi connectivity index (χ0n) is 19.6. The van der Waals surface area contributed by atoms with Gasteiger partial charge in [-0.15, -0.1) is 0 Å². The molecule has 8 nitrogen and oxygen atoms in total. The highest BCUT2D eigenvalue weighted by atomic mass is 32.2. The lowest BCUT2D eigenvalue weighted by molar-refractivity contribution is 0.0285. The smallest absolute Gasteiger partial charge is 0.410 e. The summed E-state index contributed by atoms with van der Waals surface area (Å²) in [6.07, 6.45) is 3.19. The van der Waals surface area contributed by atoms with Crippen LogP contribution in [-0.2, 0) is 17.8 Å². The molecule has 1 aliphatic rings. The minimum absolute atomic E-state index is 0.0641. The van der Waals surface area contributed by atoms with Crippen LogP contribution in [-0.4, -0.2) is 70.8 Å². The third-order valence-electron chi connectivity index (χ3n) is 5.03. The van der Waals surface area contributed by atoms with Crippen LogP contribution in [0.1, 0.15) is 42.3 Å². The first-order valence-corrected chi connectivity index (χ1v) is 11.7. The van der Waals surface area contributed by atoms with Crippen LogP contribution in [0, 0.1) is 0 Å². The van der Waals surface area contributed by atoms with Crippen LogP contribution < -0.4 is 4.90 Å². The lowest BCUT2D eigenvalue weighted by Crippen LogP contribution is -2.34. The van der Waals surface area contributed by atoms with Crippen molar-refractivity contribution in [3.05, 3.63) is 47.2 Å². The molecule has 32 heavy (non-hydrogen) atoms. The Hall–Kier alpha value is -2.81. The molecule has 0 saturated heterocycles. The van der Waals surface area contributed by atoms with E-state index in [0.29, 0.717) is 42.7 Å². The second kappa shape index (κ2) is 9.77. The number of carbonyl (C=O) groups is 2. The summed E-state index contributed by atoms with van der Waals surface area (Å²) < 4.78 is 5.40. The van der Waals surface area contributed by atoms with Crippen molar-refractivity contribution in [2.45, 2.75) is 44.6 Å². The van der Waals surface area contributed by atoms with Gasteiger partial charge in [-0.05, 0) is 38.2 Å². The molecule has 3 rings (SSSR count). The maximum atomic E-state index is 13.1. The predicted molar refractivity (Wildman–Crippen MR) is 126 cm³/mol. The second-order valence-electron chi connectivity index (χ2n) is 8.90. The first-order valence-electron chi connectivity index (χ1n) is 10.5. The standard InChI is InChI=1S/C23H31N5O3S/c1-23(2,3)31-22(30)27(5)14-16-7-9-17(10-8-16)15-28-12-11-26(4)19-18(20(28)29)13-24-21(25-19)32-6/h7-10,13H,11-12,14-15H2,1-6H3. The zero-order valence-corrected chi connectivity index (χ0v) is 20.4. The van der Waals surface area contributed by atoms with Crippen molar-refractivity contribution >= 4 is 29.6 Å². The van der Waals surface area contributed by atoms with Crippen LogP contribution in [0.4, 0.5) is 10.6 Å². The average Bonchev–Trinajstić information content (AvgIpc) is 2.85. The number of thioether (sulfide) groups is 1. The van der Waals surface area contributed by atoms with Crippen molar-refractivity contribution in [2.24, 2.45) is 0 Å². The van der Waals surface area contributed by atoms with Crippen molar-refractivity contribution in [3.8, 4) is 0 Å². The highest BCUT2D eigenvalue weighted by Crippen LogP contribution is 2.24. The minimum Gasteiger partial charge on any atom is -0.444 e. The third kappa shape index (κ3) is 5.91. The molecule has 0 radical (unpaired) electrons. The van der Waals surface area contributed by atoms with E-state index in [0.717, 1.165) is 11.1 Å². The molecule has 1 aromatic carbocycles. The van der Waals surface area contributed by atoms with Crippen LogP contribution in [0.5, 0.6) is 0 Å². The Labute approximate surface area is 194 Å². The molecule has 0 saturated carbocycles. The van der Waals surface area contributed by atoms with Gasteiger partial charge in [0.15, 0.2) is 5.16 Å². The summed E-state index contributed by atoms with van der Waals surface area (Å²) in [5, 5.41) is 0.656. The summed E-state index contributed by atoms with van der Waals surface area (Å²) in [5.74, 6) is 0.614. The van der Waals surface area contributed by atoms with E-state index >= 15 is 0 Å². The van der Waals surface area contributed by atoms with E-state index < -0.39 is 5.60 Å². The average molecular weight is 458 g/mol. The predicted octanol–water partition coefficient (Wildman–Crippen LogP) is 3.66. The lowest BCUT2D eigenvalue weighted by atomic mass is 10.1. The number of aromatic nitrogens is 2. The second-order valence-corrected chi connectivity index (χ2v) is 9.67. The number of nitrogens with zero attached hydrogens (tertiary/aromatic N) is 5. The lowest BCUT2D eigenvalue weighted by Gasteiger charge is -2.25. The van der Waals surface area contributed by atoms with Gasteiger partial charge >= 0.3 is 6.09 Å². The number of ether oxygens (including phenoxy) is 1. The number of amides is 2. The molecule has 1 aromatic heterocycles. The molecule has 0 fully saturated rings. The molecule has 1 aliphatic heterocycles. The van der Waals surface area contributed by atoms with Crippen molar-refractivity contribution in [1.82, 2.24) is 19.8 Å². The Bertz CT molecular complexity index is 975. The molecule has 0 unspecified atom stereocenters. The number of hydrogen-bond acceptors (Lipinski definition) is 7. The van der Waals surface area contributed by atoms with Gasteiger partial charge in [-0.1, -0.05) is 36.0 Å². The zero-order chi connectivity index (χ0) is 23.5. The maximum Gasteiger partial charge on any atom is 0.410 e. The number of fused-ring (bicyclic) bond motifs is 1. The van der Waals surface area contributed by atoms with Crippen LogP contribution in [0.15, 0.2) is 35.6 Å². The fraction of sp³-hybridized carbons (Fsp3) is 0.478. The van der Waals surface area contributed by atoms with Crippen molar-refractivity contribution in [1.29, 1.82) is 0 Å². The number of carbonyl (C=O) groups excluding carboxylic acids is 2. The number of rotatable bonds is 5. The van der Waals surface area contributed by atoms with Crippen molar-refractivity contribution < 1.29 is 14.3 Å². The molecule has 0 atom stereocenters. The minimum atomic E-state index is -0.524. The van der Waals surface area contributed by atoms with E-state index in [2.05, 4.69) is 9.97 Å². The van der Waals surface area contributed by atoms with Crippen molar-refractivity contribution in [3.63, 3.8) is 0 Å². The number of benzene rings is 1. The van der Waals surface area contributed by atoms with Gasteiger partial charge in [0.1, 0.15) is 17.0 Å². The molecule has 2 heterocycles. The third-order valence-corrected chi connectivity index (χ3v) is 5.60. The van der Waals surface area contributed by atoms with Gasteiger partial charge in [-0.25, -0.2) is 14.8 Å². The maximum absolute atomic E-state index is 13.1. The first kappa shape index (κ1) is 23.8. The Morgan fingerprint density at radius 2 is 1.84 bits per heavy atom. The summed E-state index contributed by atoms with van der Waals surface area (Å²) in [6.45, 7) is 7.79. The molecule has 0 spiro atoms. The van der Waals surface area contributed by atoms with E-state index in [1.54, 1.807) is 18.1 Å². The Kier molecular flexibility index (Phi) is 7.28. The Morgan fingerprint density at radius 1 is 1.19 bits per heavy atom. The fourth-order valence-electron chi connectivity index (χ4n) is 3.35.